The van der Waals surface area contributed by atoms with E-state index < -0.39 is 20.0 Å². The second kappa shape index (κ2) is 52.1. The first-order valence-electron chi connectivity index (χ1n) is 29.7. The van der Waals surface area contributed by atoms with Crippen LogP contribution in [0.1, 0.15) is 271 Å². The second-order valence-electron chi connectivity index (χ2n) is 21.3. The number of amides is 1. The molecule has 0 bridgehead atoms. The summed E-state index contributed by atoms with van der Waals surface area (Å²) in [5.74, 6) is -0.198. The molecule has 8 nitrogen and oxygen atoms in total. The molecular weight excluding hydrogens is 888 g/mol. The summed E-state index contributed by atoms with van der Waals surface area (Å²) in [6, 6.07) is -0.877. The van der Waals surface area contributed by atoms with E-state index in [1.54, 1.807) is 6.08 Å². The Hall–Kier alpha value is -1.80. The maximum atomic E-state index is 13.0. The van der Waals surface area contributed by atoms with Crippen molar-refractivity contribution in [2.24, 2.45) is 0 Å². The zero-order valence-electron chi connectivity index (χ0n) is 46.8. The number of phosphoric ester groups is 1. The van der Waals surface area contributed by atoms with Gasteiger partial charge in [-0.2, -0.15) is 0 Å². The van der Waals surface area contributed by atoms with Crippen LogP contribution in [0.25, 0.3) is 0 Å². The van der Waals surface area contributed by atoms with Gasteiger partial charge in [0.1, 0.15) is 13.2 Å². The fourth-order valence-corrected chi connectivity index (χ4v) is 9.25. The number of hydrogen-bond donors (Lipinski definition) is 3. The van der Waals surface area contributed by atoms with Crippen molar-refractivity contribution < 1.29 is 32.9 Å². The Labute approximate surface area is 434 Å². The lowest BCUT2D eigenvalue weighted by Gasteiger charge is -2.25. The van der Waals surface area contributed by atoms with E-state index in [9.17, 15) is 19.4 Å². The Bertz CT molecular complexity index is 1320. The molecule has 0 heterocycles. The molecule has 9 heteroatoms. The predicted octanol–water partition coefficient (Wildman–Crippen LogP) is 18.1. The Morgan fingerprint density at radius 1 is 0.486 bits per heavy atom. The third-order valence-electron chi connectivity index (χ3n) is 13.2. The number of hydrogen-bond acceptors (Lipinski definition) is 5. The summed E-state index contributed by atoms with van der Waals surface area (Å²) in [4.78, 5) is 23.3. The number of rotatable bonds is 54. The maximum Gasteiger partial charge on any atom is 0.472 e. The molecule has 0 saturated heterocycles. The molecule has 3 unspecified atom stereocenters. The first kappa shape index (κ1) is 68.2. The van der Waals surface area contributed by atoms with Gasteiger partial charge in [0.2, 0.25) is 5.91 Å². The molecule has 70 heavy (non-hydrogen) atoms. The van der Waals surface area contributed by atoms with Gasteiger partial charge in [0.15, 0.2) is 0 Å². The number of carbonyl (C=O) groups excluding carboxylic acids is 1. The van der Waals surface area contributed by atoms with Crippen LogP contribution in [0.4, 0.5) is 0 Å². The largest absolute Gasteiger partial charge is 0.472 e. The Kier molecular flexibility index (Phi) is 50.7. The number of nitrogens with one attached hydrogen (secondary N) is 1. The lowest BCUT2D eigenvalue weighted by atomic mass is 10.0. The van der Waals surface area contributed by atoms with Gasteiger partial charge < -0.3 is 19.8 Å². The standard InChI is InChI=1S/C61H115N2O6P/c1-6-8-10-12-14-16-18-20-22-24-26-28-30-31-33-34-36-38-40-42-44-46-48-50-52-54-60(64)59(58-69-70(66,67)68-57-56-63(3,4)5)62-61(65)55-53-51-49-47-45-43-41-39-37-35-32-29-27-25-23-21-19-17-15-13-11-9-7-2/h27,29,35-38,44,46,52,54,59-60,64H,6-26,28,30-34,39-43,45,47-51,53,55-58H2,1-5H3,(H-,62,65,66,67)/p+1/b29-27-,37-35-,38-36+,46-44+,54-52+. The van der Waals surface area contributed by atoms with Gasteiger partial charge in [0, 0.05) is 6.42 Å². The van der Waals surface area contributed by atoms with Crippen molar-refractivity contribution in [1.29, 1.82) is 0 Å². The van der Waals surface area contributed by atoms with E-state index in [1.807, 2.05) is 27.2 Å². The fourth-order valence-electron chi connectivity index (χ4n) is 8.52. The normalized spacial score (nSPS) is 14.3. The number of quaternary nitrogens is 1. The monoisotopic (exact) mass is 1000 g/mol. The molecule has 3 atom stereocenters. The molecule has 0 radical (unpaired) electrons. The highest BCUT2D eigenvalue weighted by Gasteiger charge is 2.27. The Balaban J connectivity index is 4.30. The minimum absolute atomic E-state index is 0.0501. The minimum atomic E-state index is -4.36. The molecule has 0 aromatic heterocycles. The van der Waals surface area contributed by atoms with Crippen molar-refractivity contribution in [1.82, 2.24) is 5.32 Å². The van der Waals surface area contributed by atoms with Crippen molar-refractivity contribution in [2.75, 3.05) is 40.9 Å². The van der Waals surface area contributed by atoms with Crippen molar-refractivity contribution in [3.05, 3.63) is 60.8 Å². The van der Waals surface area contributed by atoms with Gasteiger partial charge in [-0.05, 0) is 77.0 Å². The van der Waals surface area contributed by atoms with Crippen molar-refractivity contribution in [3.8, 4) is 0 Å². The molecule has 3 N–H and O–H groups in total. The predicted molar refractivity (Wildman–Crippen MR) is 304 cm³/mol. The third kappa shape index (κ3) is 54.0. The molecule has 0 saturated carbocycles. The second-order valence-corrected chi connectivity index (χ2v) is 22.8. The lowest BCUT2D eigenvalue weighted by molar-refractivity contribution is -0.870. The highest BCUT2D eigenvalue weighted by Crippen LogP contribution is 2.43. The highest BCUT2D eigenvalue weighted by molar-refractivity contribution is 7.47. The number of nitrogens with zero attached hydrogens (tertiary/aromatic N) is 1. The van der Waals surface area contributed by atoms with Crippen LogP contribution in [-0.4, -0.2) is 73.4 Å². The van der Waals surface area contributed by atoms with E-state index in [-0.39, 0.29) is 19.1 Å². The summed E-state index contributed by atoms with van der Waals surface area (Å²) in [7, 11) is 1.54. The summed E-state index contributed by atoms with van der Waals surface area (Å²) in [6.07, 6.45) is 70.5. The first-order valence-corrected chi connectivity index (χ1v) is 31.2. The number of allylic oxidation sites excluding steroid dienone is 9. The van der Waals surface area contributed by atoms with E-state index >= 15 is 0 Å². The van der Waals surface area contributed by atoms with Crippen molar-refractivity contribution >= 4 is 13.7 Å². The highest BCUT2D eigenvalue weighted by atomic mass is 31.2. The average Bonchev–Trinajstić information content (AvgIpc) is 3.32. The summed E-state index contributed by atoms with van der Waals surface area (Å²) in [5.41, 5.74) is 0. The lowest BCUT2D eigenvalue weighted by Crippen LogP contribution is -2.45. The molecule has 410 valence electrons. The molecular formula is C61H116N2O6P+. The molecule has 0 rings (SSSR count). The topological polar surface area (TPSA) is 105 Å². The van der Waals surface area contributed by atoms with Crippen LogP contribution < -0.4 is 5.32 Å². The van der Waals surface area contributed by atoms with Gasteiger partial charge >= 0.3 is 7.82 Å². The van der Waals surface area contributed by atoms with Crippen LogP contribution in [0, 0.1) is 0 Å². The Morgan fingerprint density at radius 2 is 0.829 bits per heavy atom. The van der Waals surface area contributed by atoms with Crippen LogP contribution in [0.15, 0.2) is 60.8 Å². The SMILES string of the molecule is CCCCCCCCCCC/C=C\C/C=C\CCCCCCCCCC(=O)NC(COP(=O)(O)OCC[N+](C)(C)C)C(O)/C=C/CC/C=C/CC/C=C/CCCCCCCCCCCCCCCCC. The molecule has 0 spiro atoms. The van der Waals surface area contributed by atoms with E-state index in [1.165, 1.54) is 193 Å². The van der Waals surface area contributed by atoms with Crippen LogP contribution in [0.2, 0.25) is 0 Å². The molecule has 1 amide bonds. The zero-order chi connectivity index (χ0) is 51.3. The van der Waals surface area contributed by atoms with E-state index in [4.69, 9.17) is 9.05 Å². The average molecular weight is 1000 g/mol. The summed E-state index contributed by atoms with van der Waals surface area (Å²) in [5, 5.41) is 13.9. The number of carbonyl (C=O) groups is 1. The van der Waals surface area contributed by atoms with Crippen LogP contribution in [0.5, 0.6) is 0 Å². The van der Waals surface area contributed by atoms with Gasteiger partial charge in [-0.15, -0.1) is 0 Å². The van der Waals surface area contributed by atoms with Gasteiger partial charge in [-0.3, -0.25) is 13.8 Å². The van der Waals surface area contributed by atoms with Crippen LogP contribution in [-0.2, 0) is 18.4 Å². The molecule has 0 fully saturated rings. The summed E-state index contributed by atoms with van der Waals surface area (Å²) < 4.78 is 23.7. The van der Waals surface area contributed by atoms with Crippen molar-refractivity contribution in [2.45, 2.75) is 283 Å². The zero-order valence-corrected chi connectivity index (χ0v) is 47.7. The smallest absolute Gasteiger partial charge is 0.387 e. The quantitative estimate of drug-likeness (QED) is 0.0243. The van der Waals surface area contributed by atoms with Crippen molar-refractivity contribution in [3.63, 3.8) is 0 Å². The minimum Gasteiger partial charge on any atom is -0.387 e. The number of likely N-dealkylation sites (N-methyl/N-ethyl adjacent to an activating group) is 1. The van der Waals surface area contributed by atoms with E-state index in [0.717, 1.165) is 57.8 Å². The maximum absolute atomic E-state index is 13.0. The molecule has 0 aliphatic rings. The van der Waals surface area contributed by atoms with Crippen LogP contribution >= 0.6 is 7.82 Å². The van der Waals surface area contributed by atoms with Crippen LogP contribution in [0.3, 0.4) is 0 Å². The third-order valence-corrected chi connectivity index (χ3v) is 14.2. The fraction of sp³-hybridized carbons (Fsp3) is 0.820. The number of phosphoric acid groups is 1. The van der Waals surface area contributed by atoms with Gasteiger partial charge in [-0.1, -0.05) is 248 Å². The van der Waals surface area contributed by atoms with E-state index in [2.05, 4.69) is 67.8 Å². The Morgan fingerprint density at radius 3 is 1.23 bits per heavy atom. The number of aliphatic hydroxyl groups excluding tert-OH is 1. The molecule has 0 aromatic rings. The summed E-state index contributed by atoms with van der Waals surface area (Å²) >= 11 is 0. The number of aliphatic hydroxyl groups is 1. The first-order chi connectivity index (χ1) is 34.0. The molecule has 0 aromatic carbocycles. The molecule has 0 aliphatic heterocycles. The summed E-state index contributed by atoms with van der Waals surface area (Å²) in [6.45, 7) is 4.80. The van der Waals surface area contributed by atoms with E-state index in [0.29, 0.717) is 17.4 Å². The van der Waals surface area contributed by atoms with Gasteiger partial charge in [-0.25, -0.2) is 4.57 Å². The molecule has 0 aliphatic carbocycles. The van der Waals surface area contributed by atoms with Gasteiger partial charge in [0.25, 0.3) is 0 Å². The van der Waals surface area contributed by atoms with Gasteiger partial charge in [0.05, 0.1) is 39.9 Å². The number of unbranched alkanes of at least 4 members (excludes halogenated alkanes) is 33.